The van der Waals surface area contributed by atoms with Gasteiger partial charge >= 0.3 is 6.03 Å². The minimum absolute atomic E-state index is 0.0386. The number of likely N-dealkylation sites (N-methyl/N-ethyl adjacent to an activating group) is 1. The van der Waals surface area contributed by atoms with Crippen LogP contribution in [0.3, 0.4) is 0 Å². The number of fused-ring (bicyclic) bond motifs is 2. The molecular weight excluding hydrogens is 448 g/mol. The lowest BCUT2D eigenvalue weighted by Crippen LogP contribution is -2.54. The van der Waals surface area contributed by atoms with Gasteiger partial charge in [0.1, 0.15) is 18.5 Å². The van der Waals surface area contributed by atoms with Crippen LogP contribution in [-0.4, -0.2) is 66.7 Å². The van der Waals surface area contributed by atoms with Crippen LogP contribution < -0.4 is 20.7 Å². The van der Waals surface area contributed by atoms with Crippen molar-refractivity contribution < 1.29 is 23.9 Å². The summed E-state index contributed by atoms with van der Waals surface area (Å²) in [6.07, 6.45) is 8.91. The van der Waals surface area contributed by atoms with E-state index in [0.717, 1.165) is 44.9 Å². The van der Waals surface area contributed by atoms with E-state index in [9.17, 15) is 14.4 Å². The molecule has 0 bridgehead atoms. The molecule has 5 rings (SSSR count). The van der Waals surface area contributed by atoms with Gasteiger partial charge in [-0.3, -0.25) is 9.59 Å². The molecule has 1 aromatic rings. The van der Waals surface area contributed by atoms with E-state index in [2.05, 4.69) is 16.0 Å². The molecule has 1 aromatic carbocycles. The Labute approximate surface area is 206 Å². The lowest BCUT2D eigenvalue weighted by atomic mass is 9.92. The topological polar surface area (TPSA) is 109 Å². The van der Waals surface area contributed by atoms with E-state index >= 15 is 0 Å². The van der Waals surface area contributed by atoms with Gasteiger partial charge in [0.2, 0.25) is 5.91 Å². The van der Waals surface area contributed by atoms with Crippen LogP contribution >= 0.6 is 0 Å². The zero-order valence-corrected chi connectivity index (χ0v) is 20.4. The van der Waals surface area contributed by atoms with Crippen molar-refractivity contribution in [2.75, 3.05) is 19.0 Å². The summed E-state index contributed by atoms with van der Waals surface area (Å²) in [5, 5.41) is 8.93. The molecule has 2 saturated carbocycles. The van der Waals surface area contributed by atoms with Crippen LogP contribution in [-0.2, 0) is 9.53 Å². The van der Waals surface area contributed by atoms with E-state index in [0.29, 0.717) is 42.5 Å². The number of ether oxygens (including phenoxy) is 2. The van der Waals surface area contributed by atoms with Crippen molar-refractivity contribution in [2.24, 2.45) is 0 Å². The number of carbonyl (C=O) groups is 3. The predicted molar refractivity (Wildman–Crippen MR) is 131 cm³/mol. The van der Waals surface area contributed by atoms with Crippen molar-refractivity contribution in [3.8, 4) is 5.75 Å². The highest BCUT2D eigenvalue weighted by molar-refractivity contribution is 5.99. The molecule has 4 amide bonds. The molecule has 9 nitrogen and oxygen atoms in total. The van der Waals surface area contributed by atoms with Crippen molar-refractivity contribution >= 4 is 23.5 Å². The number of hydrogen-bond acceptors (Lipinski definition) is 5. The minimum Gasteiger partial charge on any atom is -0.490 e. The van der Waals surface area contributed by atoms with Gasteiger partial charge in [-0.25, -0.2) is 4.79 Å². The highest BCUT2D eigenvalue weighted by Crippen LogP contribution is 2.32. The maximum absolute atomic E-state index is 13.4. The van der Waals surface area contributed by atoms with E-state index in [4.69, 9.17) is 9.47 Å². The Hall–Kier alpha value is -2.81. The molecule has 9 heteroatoms. The maximum Gasteiger partial charge on any atom is 0.319 e. The number of hydrogen-bond donors (Lipinski definition) is 3. The second-order valence-corrected chi connectivity index (χ2v) is 10.4. The molecule has 2 aliphatic heterocycles. The third-order valence-corrected chi connectivity index (χ3v) is 7.84. The summed E-state index contributed by atoms with van der Waals surface area (Å²) in [4.78, 5) is 39.8. The summed E-state index contributed by atoms with van der Waals surface area (Å²) < 4.78 is 12.3. The quantitative estimate of drug-likeness (QED) is 0.595. The standard InChI is InChI=1S/C26H36N4O5/c1-30-21-11-10-19(14-24(31)27-16-7-4-8-16)35-23(21)15-34-22-12-9-18(13-20(22)25(30)32)29-26(33)28-17-5-2-3-6-17/h9,12-13,16-17,19,21,23H,2-8,10-11,14-15H2,1H3,(H,27,31)(H2,28,29,33)/t19-,21+,23+/m1/s1. The van der Waals surface area contributed by atoms with Crippen LogP contribution in [0.25, 0.3) is 0 Å². The third-order valence-electron chi connectivity index (χ3n) is 7.84. The summed E-state index contributed by atoms with van der Waals surface area (Å²) in [6.45, 7) is 0.297. The first kappa shape index (κ1) is 23.9. The number of rotatable bonds is 5. The smallest absolute Gasteiger partial charge is 0.319 e. The summed E-state index contributed by atoms with van der Waals surface area (Å²) in [5.74, 6) is 0.339. The molecule has 190 valence electrons. The first-order chi connectivity index (χ1) is 17.0. The zero-order chi connectivity index (χ0) is 24.4. The van der Waals surface area contributed by atoms with E-state index in [1.807, 2.05) is 0 Å². The molecule has 0 unspecified atom stereocenters. The fraction of sp³-hybridized carbons (Fsp3) is 0.654. The minimum atomic E-state index is -0.303. The molecule has 0 radical (unpaired) electrons. The fourth-order valence-electron chi connectivity index (χ4n) is 5.57. The largest absolute Gasteiger partial charge is 0.490 e. The number of nitrogens with one attached hydrogen (secondary N) is 3. The van der Waals surface area contributed by atoms with E-state index in [-0.39, 0.29) is 42.1 Å². The molecule has 0 spiro atoms. The van der Waals surface area contributed by atoms with Gasteiger partial charge in [-0.1, -0.05) is 12.8 Å². The van der Waals surface area contributed by atoms with Crippen molar-refractivity contribution in [1.82, 2.24) is 15.5 Å². The monoisotopic (exact) mass is 484 g/mol. The highest BCUT2D eigenvalue weighted by atomic mass is 16.5. The molecule has 35 heavy (non-hydrogen) atoms. The van der Waals surface area contributed by atoms with Gasteiger partial charge in [0, 0.05) is 24.8 Å². The van der Waals surface area contributed by atoms with Gasteiger partial charge in [0.05, 0.1) is 24.1 Å². The third kappa shape index (κ3) is 5.55. The average Bonchev–Trinajstić information content (AvgIpc) is 3.32. The van der Waals surface area contributed by atoms with Gasteiger partial charge in [0.25, 0.3) is 5.91 Å². The summed E-state index contributed by atoms with van der Waals surface area (Å²) in [7, 11) is 1.79. The number of benzene rings is 1. The number of carbonyl (C=O) groups excluding carboxylic acids is 3. The van der Waals surface area contributed by atoms with Crippen LogP contribution in [0.2, 0.25) is 0 Å². The van der Waals surface area contributed by atoms with Crippen LogP contribution in [0.15, 0.2) is 18.2 Å². The van der Waals surface area contributed by atoms with Gasteiger partial charge < -0.3 is 30.3 Å². The fourth-order valence-corrected chi connectivity index (χ4v) is 5.57. The first-order valence-corrected chi connectivity index (χ1v) is 13.0. The Morgan fingerprint density at radius 3 is 2.49 bits per heavy atom. The maximum atomic E-state index is 13.4. The van der Waals surface area contributed by atoms with Crippen molar-refractivity contribution in [3.05, 3.63) is 23.8 Å². The number of urea groups is 1. The molecular formula is C26H36N4O5. The Kier molecular flexibility index (Phi) is 7.13. The molecule has 2 aliphatic carbocycles. The molecule has 0 aromatic heterocycles. The Morgan fingerprint density at radius 1 is 1.00 bits per heavy atom. The summed E-state index contributed by atoms with van der Waals surface area (Å²) in [5.41, 5.74) is 0.978. The highest BCUT2D eigenvalue weighted by Gasteiger charge is 2.39. The first-order valence-electron chi connectivity index (χ1n) is 13.0. The van der Waals surface area contributed by atoms with Crippen LogP contribution in [0.1, 0.15) is 74.6 Å². The number of nitrogens with zero attached hydrogens (tertiary/aromatic N) is 1. The van der Waals surface area contributed by atoms with Crippen LogP contribution in [0.4, 0.5) is 10.5 Å². The molecule has 3 fully saturated rings. The molecule has 2 heterocycles. The Morgan fingerprint density at radius 2 is 1.74 bits per heavy atom. The Bertz CT molecular complexity index is 959. The van der Waals surface area contributed by atoms with Crippen LogP contribution in [0, 0.1) is 0 Å². The van der Waals surface area contributed by atoms with Gasteiger partial charge in [-0.05, 0) is 63.1 Å². The second-order valence-electron chi connectivity index (χ2n) is 10.4. The summed E-state index contributed by atoms with van der Waals surface area (Å²) in [6, 6.07) is 5.29. The SMILES string of the molecule is CN1C(=O)c2cc(NC(=O)NC3CCCC3)ccc2OC[C@@H]2O[C@@H](CC(=O)NC3CCC3)CC[C@@H]21. The second kappa shape index (κ2) is 10.4. The molecule has 3 atom stereocenters. The van der Waals surface area contributed by atoms with E-state index in [1.54, 1.807) is 30.1 Å². The summed E-state index contributed by atoms with van der Waals surface area (Å²) >= 11 is 0. The lowest BCUT2D eigenvalue weighted by molar-refractivity contribution is -0.135. The molecule has 3 N–H and O–H groups in total. The zero-order valence-electron chi connectivity index (χ0n) is 20.4. The van der Waals surface area contributed by atoms with Gasteiger partial charge in [-0.2, -0.15) is 0 Å². The van der Waals surface area contributed by atoms with Gasteiger partial charge in [0.15, 0.2) is 0 Å². The average molecular weight is 485 g/mol. The Balaban J connectivity index is 1.22. The van der Waals surface area contributed by atoms with E-state index in [1.165, 1.54) is 6.42 Å². The number of anilines is 1. The van der Waals surface area contributed by atoms with Crippen molar-refractivity contribution in [1.29, 1.82) is 0 Å². The predicted octanol–water partition coefficient (Wildman–Crippen LogP) is 3.19. The van der Waals surface area contributed by atoms with Crippen LogP contribution in [0.5, 0.6) is 5.75 Å². The van der Waals surface area contributed by atoms with Crippen molar-refractivity contribution in [2.45, 2.75) is 94.5 Å². The lowest BCUT2D eigenvalue weighted by Gasteiger charge is -2.42. The van der Waals surface area contributed by atoms with Gasteiger partial charge in [-0.15, -0.1) is 0 Å². The molecule has 4 aliphatic rings. The number of amides is 4. The van der Waals surface area contributed by atoms with E-state index < -0.39 is 0 Å². The normalized spacial score (nSPS) is 26.9. The van der Waals surface area contributed by atoms with Crippen molar-refractivity contribution in [3.63, 3.8) is 0 Å². The molecule has 1 saturated heterocycles.